The van der Waals surface area contributed by atoms with E-state index < -0.39 is 11.6 Å². The third-order valence-corrected chi connectivity index (χ3v) is 8.36. The van der Waals surface area contributed by atoms with Gasteiger partial charge in [0.05, 0.1) is 6.04 Å². The number of aliphatic carboxylic acids is 1. The molecule has 0 unspecified atom stereocenters. The second-order valence-electron chi connectivity index (χ2n) is 12.6. The number of likely N-dealkylation sites (tertiary alicyclic amines) is 1. The van der Waals surface area contributed by atoms with Crippen molar-refractivity contribution in [2.45, 2.75) is 77.4 Å². The molecule has 1 aromatic heterocycles. The van der Waals surface area contributed by atoms with E-state index in [4.69, 9.17) is 9.84 Å². The summed E-state index contributed by atoms with van der Waals surface area (Å²) in [4.78, 5) is 33.0. The summed E-state index contributed by atoms with van der Waals surface area (Å²) in [6, 6.07) is 3.58. The first-order chi connectivity index (χ1) is 16.6. The van der Waals surface area contributed by atoms with E-state index in [-0.39, 0.29) is 12.1 Å². The van der Waals surface area contributed by atoms with Gasteiger partial charge >= 0.3 is 12.1 Å². The molecule has 4 bridgehead atoms. The highest BCUT2D eigenvalue weighted by Crippen LogP contribution is 2.60. The van der Waals surface area contributed by atoms with Crippen molar-refractivity contribution in [1.29, 1.82) is 0 Å². The molecule has 6 rings (SSSR count). The second-order valence-corrected chi connectivity index (χ2v) is 12.6. The number of ether oxygens (including phenoxy) is 1. The third-order valence-electron chi connectivity index (χ3n) is 8.36. The fraction of sp³-hybridized carbons (Fsp3) is 0.679. The quantitative estimate of drug-likeness (QED) is 0.562. The van der Waals surface area contributed by atoms with Gasteiger partial charge in [-0.05, 0) is 113 Å². The third kappa shape index (κ3) is 5.55. The highest BCUT2D eigenvalue weighted by atomic mass is 16.6. The highest BCUT2D eigenvalue weighted by molar-refractivity contribution is 5.88. The van der Waals surface area contributed by atoms with Crippen molar-refractivity contribution >= 4 is 24.0 Å². The Morgan fingerprint density at radius 2 is 1.83 bits per heavy atom. The maximum Gasteiger partial charge on any atom is 0.416 e. The number of carboxylic acids is 1. The van der Waals surface area contributed by atoms with Gasteiger partial charge < -0.3 is 14.7 Å². The van der Waals surface area contributed by atoms with Crippen LogP contribution in [-0.4, -0.2) is 58.3 Å². The minimum Gasteiger partial charge on any atom is -0.478 e. The summed E-state index contributed by atoms with van der Waals surface area (Å²) in [6.07, 6.45) is 13.3. The van der Waals surface area contributed by atoms with Crippen molar-refractivity contribution in [2.75, 3.05) is 24.5 Å². The SMILES string of the molecule is CC(C)(C)OC(=O)N(c1ccc(/C=C/C(=O)O)cn1)[C@@H]1CCN(CC23CC4CC(CC(C4)C2)C3)C1. The van der Waals surface area contributed by atoms with E-state index in [0.717, 1.165) is 49.9 Å². The number of amides is 1. The van der Waals surface area contributed by atoms with Crippen LogP contribution >= 0.6 is 0 Å². The number of aromatic nitrogens is 1. The zero-order valence-electron chi connectivity index (χ0n) is 21.3. The Kier molecular flexibility index (Phi) is 6.41. The largest absolute Gasteiger partial charge is 0.478 e. The maximum atomic E-state index is 13.3. The van der Waals surface area contributed by atoms with Crippen LogP contribution in [0, 0.1) is 23.2 Å². The number of hydrogen-bond donors (Lipinski definition) is 1. The van der Waals surface area contributed by atoms with Crippen molar-refractivity contribution < 1.29 is 19.4 Å². The Balaban J connectivity index is 1.31. The summed E-state index contributed by atoms with van der Waals surface area (Å²) in [5.74, 6) is 2.37. The summed E-state index contributed by atoms with van der Waals surface area (Å²) >= 11 is 0. The molecule has 7 heteroatoms. The molecule has 35 heavy (non-hydrogen) atoms. The highest BCUT2D eigenvalue weighted by Gasteiger charge is 2.51. The number of rotatable bonds is 6. The number of carbonyl (C=O) groups excluding carboxylic acids is 1. The fourth-order valence-electron chi connectivity index (χ4n) is 7.67. The Hall–Kier alpha value is -2.41. The molecule has 4 aliphatic carbocycles. The van der Waals surface area contributed by atoms with Gasteiger partial charge in [-0.1, -0.05) is 0 Å². The van der Waals surface area contributed by atoms with Crippen LogP contribution in [0.25, 0.3) is 6.08 Å². The van der Waals surface area contributed by atoms with E-state index >= 15 is 0 Å². The molecule has 1 aliphatic heterocycles. The Morgan fingerprint density at radius 1 is 1.17 bits per heavy atom. The summed E-state index contributed by atoms with van der Waals surface area (Å²) in [6.45, 7) is 8.62. The predicted octanol–water partition coefficient (Wildman–Crippen LogP) is 5.21. The molecule has 0 aromatic carbocycles. The molecule has 1 saturated heterocycles. The van der Waals surface area contributed by atoms with Crippen molar-refractivity contribution in [3.05, 3.63) is 30.0 Å². The van der Waals surface area contributed by atoms with Gasteiger partial charge in [-0.2, -0.15) is 0 Å². The lowest BCUT2D eigenvalue weighted by atomic mass is 9.49. The zero-order valence-corrected chi connectivity index (χ0v) is 21.3. The number of nitrogens with zero attached hydrogens (tertiary/aromatic N) is 3. The van der Waals surface area contributed by atoms with Gasteiger partial charge in [0.15, 0.2) is 0 Å². The topological polar surface area (TPSA) is 83.0 Å². The molecule has 190 valence electrons. The predicted molar refractivity (Wildman–Crippen MR) is 135 cm³/mol. The lowest BCUT2D eigenvalue weighted by molar-refractivity contribution is -0.131. The van der Waals surface area contributed by atoms with Crippen molar-refractivity contribution in [3.8, 4) is 0 Å². The van der Waals surface area contributed by atoms with Gasteiger partial charge in [-0.15, -0.1) is 0 Å². The van der Waals surface area contributed by atoms with E-state index in [2.05, 4.69) is 9.88 Å². The van der Waals surface area contributed by atoms with Crippen LogP contribution in [0.15, 0.2) is 24.4 Å². The van der Waals surface area contributed by atoms with Crippen molar-refractivity contribution in [3.63, 3.8) is 0 Å². The average Bonchev–Trinajstić information content (AvgIpc) is 3.18. The molecule has 5 fully saturated rings. The van der Waals surface area contributed by atoms with Crippen molar-refractivity contribution in [2.24, 2.45) is 23.2 Å². The molecule has 7 nitrogen and oxygen atoms in total. The molecule has 1 N–H and O–H groups in total. The van der Waals surface area contributed by atoms with Gasteiger partial charge in [0.1, 0.15) is 11.4 Å². The number of pyridine rings is 1. The van der Waals surface area contributed by atoms with Crippen LogP contribution in [0.4, 0.5) is 10.6 Å². The molecule has 4 saturated carbocycles. The van der Waals surface area contributed by atoms with Crippen LogP contribution in [0.1, 0.15) is 71.3 Å². The van der Waals surface area contributed by atoms with Crippen LogP contribution in [0.3, 0.4) is 0 Å². The van der Waals surface area contributed by atoms with Crippen LogP contribution in [0.2, 0.25) is 0 Å². The van der Waals surface area contributed by atoms with Crippen LogP contribution in [-0.2, 0) is 9.53 Å². The van der Waals surface area contributed by atoms with Crippen LogP contribution in [0.5, 0.6) is 0 Å². The lowest BCUT2D eigenvalue weighted by Gasteiger charge is -2.57. The monoisotopic (exact) mass is 481 g/mol. The standard InChI is InChI=1S/C28H39N3O4/c1-27(2,3)35-26(34)31(24-6-4-19(16-29-24)5-7-25(32)33)23-8-9-30(17-23)18-28-13-20-10-21(14-28)12-22(11-20)15-28/h4-7,16,20-23H,8-15,17-18H2,1-3H3,(H,32,33)/b7-5+/t20?,21?,22?,23-,28?/m1/s1. The number of carboxylic acid groups (broad SMARTS) is 1. The van der Waals surface area contributed by atoms with Crippen LogP contribution < -0.4 is 4.90 Å². The average molecular weight is 482 g/mol. The number of anilines is 1. The van der Waals surface area contributed by atoms with Gasteiger partial charge in [0.2, 0.25) is 0 Å². The van der Waals surface area contributed by atoms with E-state index in [9.17, 15) is 9.59 Å². The molecule has 1 amide bonds. The first-order valence-electron chi connectivity index (χ1n) is 13.2. The number of carbonyl (C=O) groups is 2. The normalized spacial score (nSPS) is 32.3. The minimum atomic E-state index is -1.01. The summed E-state index contributed by atoms with van der Waals surface area (Å²) < 4.78 is 5.78. The molecule has 0 radical (unpaired) electrons. The number of hydrogen-bond acceptors (Lipinski definition) is 5. The lowest BCUT2D eigenvalue weighted by Crippen LogP contribution is -2.51. The molecular weight excluding hydrogens is 442 g/mol. The summed E-state index contributed by atoms with van der Waals surface area (Å²) in [5.41, 5.74) is 0.559. The van der Waals surface area contributed by atoms with Gasteiger partial charge in [0.25, 0.3) is 0 Å². The Bertz CT molecular complexity index is 946. The molecule has 5 aliphatic rings. The second kappa shape index (κ2) is 9.23. The van der Waals surface area contributed by atoms with E-state index in [1.807, 2.05) is 20.8 Å². The Morgan fingerprint density at radius 3 is 2.37 bits per heavy atom. The van der Waals surface area contributed by atoms with Gasteiger partial charge in [0, 0.05) is 31.9 Å². The minimum absolute atomic E-state index is 0.00618. The maximum absolute atomic E-state index is 13.3. The Labute approximate surface area is 208 Å². The van der Waals surface area contributed by atoms with E-state index in [0.29, 0.717) is 16.8 Å². The first kappa shape index (κ1) is 24.3. The van der Waals surface area contributed by atoms with E-state index in [1.165, 1.54) is 44.6 Å². The zero-order chi connectivity index (χ0) is 24.8. The van der Waals surface area contributed by atoms with Gasteiger partial charge in [-0.3, -0.25) is 4.90 Å². The van der Waals surface area contributed by atoms with Crippen molar-refractivity contribution in [1.82, 2.24) is 9.88 Å². The molecular formula is C28H39N3O4. The molecule has 1 aromatic rings. The molecule has 2 heterocycles. The van der Waals surface area contributed by atoms with E-state index in [1.54, 1.807) is 23.2 Å². The fourth-order valence-corrected chi connectivity index (χ4v) is 7.67. The smallest absolute Gasteiger partial charge is 0.416 e. The summed E-state index contributed by atoms with van der Waals surface area (Å²) in [7, 11) is 0. The molecule has 1 atom stereocenters. The summed E-state index contributed by atoms with van der Waals surface area (Å²) in [5, 5.41) is 8.87. The molecule has 0 spiro atoms. The van der Waals surface area contributed by atoms with Gasteiger partial charge in [-0.25, -0.2) is 14.6 Å². The first-order valence-corrected chi connectivity index (χ1v) is 13.2.